The summed E-state index contributed by atoms with van der Waals surface area (Å²) in [5.41, 5.74) is 7.41. The fourth-order valence-corrected chi connectivity index (χ4v) is 4.59. The van der Waals surface area contributed by atoms with Gasteiger partial charge in [0.25, 0.3) is 0 Å². The normalized spacial score (nSPS) is 14.8. The maximum absolute atomic E-state index is 2.41. The third-order valence-corrected chi connectivity index (χ3v) is 5.47. The van der Waals surface area contributed by atoms with E-state index in [1.54, 1.807) is 5.57 Å². The fourth-order valence-electron chi connectivity index (χ4n) is 4.59. The van der Waals surface area contributed by atoms with Crippen molar-refractivity contribution >= 4 is 27.1 Å². The molecule has 0 amide bonds. The van der Waals surface area contributed by atoms with Crippen LogP contribution in [0.4, 0.5) is 0 Å². The summed E-state index contributed by atoms with van der Waals surface area (Å²) in [5, 5.41) is 7.25. The van der Waals surface area contributed by atoms with Gasteiger partial charge in [-0.25, -0.2) is 0 Å². The summed E-state index contributed by atoms with van der Waals surface area (Å²) in [6.45, 7) is 0. The minimum atomic E-state index is 1.17. The van der Waals surface area contributed by atoms with Gasteiger partial charge in [0.2, 0.25) is 0 Å². The van der Waals surface area contributed by atoms with E-state index in [0.717, 1.165) is 0 Å². The van der Waals surface area contributed by atoms with Crippen LogP contribution in [0.2, 0.25) is 0 Å². The SMILES string of the molecule is c1ccc2c(c1)C1=c3c-2cc2cccc4ccc(c3c42)CC1. The molecule has 0 saturated carbocycles. The van der Waals surface area contributed by atoms with Gasteiger partial charge in [-0.15, -0.1) is 0 Å². The van der Waals surface area contributed by atoms with Crippen molar-refractivity contribution in [2.45, 2.75) is 12.8 Å². The number of hydrogen-bond acceptors (Lipinski definition) is 0. The molecule has 4 aromatic rings. The minimum Gasteiger partial charge on any atom is -0.0616 e. The number of hydrogen-bond donors (Lipinski definition) is 0. The van der Waals surface area contributed by atoms with Crippen LogP contribution in [-0.4, -0.2) is 0 Å². The Kier molecular flexibility index (Phi) is 1.80. The first-order valence-electron chi connectivity index (χ1n) is 8.02. The van der Waals surface area contributed by atoms with Crippen molar-refractivity contribution in [1.29, 1.82) is 0 Å². The van der Waals surface area contributed by atoms with Crippen molar-refractivity contribution in [2.24, 2.45) is 0 Å². The second kappa shape index (κ2) is 3.59. The third-order valence-electron chi connectivity index (χ3n) is 5.47. The molecule has 4 aromatic carbocycles. The van der Waals surface area contributed by atoms with Crippen molar-refractivity contribution in [2.75, 3.05) is 0 Å². The molecular weight excluding hydrogens is 264 g/mol. The van der Waals surface area contributed by atoms with Crippen molar-refractivity contribution in [1.82, 2.24) is 0 Å². The molecule has 102 valence electrons. The molecule has 0 bridgehead atoms. The average Bonchev–Trinajstić information content (AvgIpc) is 2.90. The molecule has 0 heteroatoms. The Bertz CT molecular complexity index is 1160. The van der Waals surface area contributed by atoms with E-state index in [0.29, 0.717) is 0 Å². The van der Waals surface area contributed by atoms with Crippen LogP contribution >= 0.6 is 0 Å². The van der Waals surface area contributed by atoms with Crippen LogP contribution in [-0.2, 0) is 6.42 Å². The molecule has 0 saturated heterocycles. The van der Waals surface area contributed by atoms with Gasteiger partial charge in [0, 0.05) is 0 Å². The van der Waals surface area contributed by atoms with Gasteiger partial charge in [0.05, 0.1) is 0 Å². The standard InChI is InChI=1S/C22H14/c1-2-7-17-16(6-1)18-11-10-14-9-8-13-4-3-5-15-12-19(17)22(18)21(14)20(13)15/h1-9,12H,10-11H2. The number of benzene rings is 4. The van der Waals surface area contributed by atoms with E-state index in [9.17, 15) is 0 Å². The third kappa shape index (κ3) is 1.13. The van der Waals surface area contributed by atoms with Crippen molar-refractivity contribution in [3.63, 3.8) is 0 Å². The van der Waals surface area contributed by atoms with Gasteiger partial charge in [-0.3, -0.25) is 0 Å². The smallest absolute Gasteiger partial charge is 0.00295 e. The molecule has 0 unspecified atom stereocenters. The van der Waals surface area contributed by atoms with Crippen molar-refractivity contribution in [3.05, 3.63) is 77.0 Å². The predicted octanol–water partition coefficient (Wildman–Crippen LogP) is 4.84. The van der Waals surface area contributed by atoms with E-state index in [-0.39, 0.29) is 0 Å². The van der Waals surface area contributed by atoms with E-state index in [1.165, 1.54) is 61.9 Å². The maximum Gasteiger partial charge on any atom is -0.00295 e. The van der Waals surface area contributed by atoms with Crippen LogP contribution < -0.4 is 5.22 Å². The van der Waals surface area contributed by atoms with Gasteiger partial charge < -0.3 is 0 Å². The highest BCUT2D eigenvalue weighted by molar-refractivity contribution is 6.16. The molecule has 0 aromatic heterocycles. The van der Waals surface area contributed by atoms with Crippen LogP contribution in [0, 0.1) is 0 Å². The van der Waals surface area contributed by atoms with Crippen LogP contribution in [0.1, 0.15) is 17.5 Å². The summed E-state index contributed by atoms with van der Waals surface area (Å²) >= 11 is 0. The fraction of sp³-hybridized carbons (Fsp3) is 0.0909. The quantitative estimate of drug-likeness (QED) is 0.432. The molecule has 22 heavy (non-hydrogen) atoms. The minimum absolute atomic E-state index is 1.17. The van der Waals surface area contributed by atoms with Gasteiger partial charge in [-0.1, -0.05) is 54.6 Å². The van der Waals surface area contributed by atoms with Crippen LogP contribution in [0.3, 0.4) is 0 Å². The van der Waals surface area contributed by atoms with Gasteiger partial charge in [0.1, 0.15) is 0 Å². The van der Waals surface area contributed by atoms with E-state index in [4.69, 9.17) is 0 Å². The highest BCUT2D eigenvalue weighted by atomic mass is 14.3. The van der Waals surface area contributed by atoms with Gasteiger partial charge in [0.15, 0.2) is 0 Å². The van der Waals surface area contributed by atoms with Crippen LogP contribution in [0.25, 0.3) is 38.2 Å². The first-order valence-corrected chi connectivity index (χ1v) is 8.02. The molecule has 2 aliphatic carbocycles. The Morgan fingerprint density at radius 2 is 1.45 bits per heavy atom. The Hall–Kier alpha value is -2.60. The Morgan fingerprint density at radius 1 is 0.591 bits per heavy atom. The van der Waals surface area contributed by atoms with E-state index >= 15 is 0 Å². The highest BCUT2D eigenvalue weighted by Crippen LogP contribution is 2.41. The molecule has 0 atom stereocenters. The van der Waals surface area contributed by atoms with Gasteiger partial charge in [-0.05, 0) is 73.5 Å². The maximum atomic E-state index is 2.41. The first-order chi connectivity index (χ1) is 10.9. The molecule has 0 nitrogen and oxygen atoms in total. The highest BCUT2D eigenvalue weighted by Gasteiger charge is 2.26. The number of fused-ring (bicyclic) bond motifs is 3. The lowest BCUT2D eigenvalue weighted by Crippen LogP contribution is -2.14. The Labute approximate surface area is 128 Å². The number of aryl methyl sites for hydroxylation is 1. The lowest BCUT2D eigenvalue weighted by Gasteiger charge is -2.17. The zero-order chi connectivity index (χ0) is 14.3. The topological polar surface area (TPSA) is 0 Å². The zero-order valence-electron chi connectivity index (χ0n) is 12.2. The first kappa shape index (κ1) is 11.0. The molecule has 6 rings (SSSR count). The Morgan fingerprint density at radius 3 is 2.41 bits per heavy atom. The molecule has 0 spiro atoms. The van der Waals surface area contributed by atoms with E-state index in [2.05, 4.69) is 60.7 Å². The summed E-state index contributed by atoms with van der Waals surface area (Å²) in [4.78, 5) is 0. The summed E-state index contributed by atoms with van der Waals surface area (Å²) in [6, 6.07) is 22.7. The molecule has 0 N–H and O–H groups in total. The van der Waals surface area contributed by atoms with Crippen molar-refractivity contribution < 1.29 is 0 Å². The van der Waals surface area contributed by atoms with Crippen molar-refractivity contribution in [3.8, 4) is 11.1 Å². The molecule has 2 aliphatic rings. The lowest BCUT2D eigenvalue weighted by molar-refractivity contribution is 1.01. The van der Waals surface area contributed by atoms with Gasteiger partial charge in [-0.2, -0.15) is 0 Å². The number of rotatable bonds is 0. The Balaban J connectivity index is 2.01. The predicted molar refractivity (Wildman–Crippen MR) is 92.9 cm³/mol. The monoisotopic (exact) mass is 278 g/mol. The van der Waals surface area contributed by atoms with Crippen LogP contribution in [0.5, 0.6) is 0 Å². The summed E-state index contributed by atoms with van der Waals surface area (Å²) < 4.78 is 0. The molecular formula is C22H14. The molecule has 0 radical (unpaired) electrons. The second-order valence-electron chi connectivity index (χ2n) is 6.50. The van der Waals surface area contributed by atoms with E-state index < -0.39 is 0 Å². The molecule has 0 fully saturated rings. The van der Waals surface area contributed by atoms with Crippen LogP contribution in [0.15, 0.2) is 60.7 Å². The summed E-state index contributed by atoms with van der Waals surface area (Å²) in [6.07, 6.45) is 2.34. The largest absolute Gasteiger partial charge is 0.0616 e. The average molecular weight is 278 g/mol. The molecule has 0 heterocycles. The summed E-state index contributed by atoms with van der Waals surface area (Å²) in [5.74, 6) is 0. The van der Waals surface area contributed by atoms with Gasteiger partial charge >= 0.3 is 0 Å². The summed E-state index contributed by atoms with van der Waals surface area (Å²) in [7, 11) is 0. The zero-order valence-corrected chi connectivity index (χ0v) is 12.2. The molecule has 0 aliphatic heterocycles. The van der Waals surface area contributed by atoms with E-state index in [1.807, 2.05) is 0 Å². The second-order valence-corrected chi connectivity index (χ2v) is 6.50. The lowest BCUT2D eigenvalue weighted by atomic mass is 9.86.